The van der Waals surface area contributed by atoms with E-state index in [1.54, 1.807) is 8.87 Å². The van der Waals surface area contributed by atoms with Crippen LogP contribution in [0.3, 0.4) is 0 Å². The van der Waals surface area contributed by atoms with Crippen LogP contribution in [0.5, 0.6) is 0 Å². The van der Waals surface area contributed by atoms with Gasteiger partial charge in [-0.1, -0.05) is 0 Å². The summed E-state index contributed by atoms with van der Waals surface area (Å²) in [6.07, 6.45) is 4.73. The van der Waals surface area contributed by atoms with Crippen molar-refractivity contribution in [1.82, 2.24) is 0 Å². The van der Waals surface area contributed by atoms with Gasteiger partial charge in [0, 0.05) is 0 Å². The van der Waals surface area contributed by atoms with Crippen LogP contribution in [0.25, 0.3) is 0 Å². The summed E-state index contributed by atoms with van der Waals surface area (Å²) in [5, 5.41) is 8.41. The number of nitrogens with zero attached hydrogens (tertiary/aromatic N) is 1. The van der Waals surface area contributed by atoms with Crippen LogP contribution in [0.4, 0.5) is 0 Å². The summed E-state index contributed by atoms with van der Waals surface area (Å²) in [5.74, 6) is 0. The van der Waals surface area contributed by atoms with Crippen LogP contribution in [0, 0.1) is 11.3 Å². The summed E-state index contributed by atoms with van der Waals surface area (Å²) in [5.41, 5.74) is 0. The van der Waals surface area contributed by atoms with Crippen LogP contribution < -0.4 is 0 Å². The molecular weight excluding hydrogens is 253 g/mol. The predicted octanol–water partition coefficient (Wildman–Crippen LogP) is 3.60. The monoisotopic (exact) mass is 274 g/mol. The van der Waals surface area contributed by atoms with Gasteiger partial charge in [-0.15, -0.1) is 0 Å². The first kappa shape index (κ1) is 12.3. The van der Waals surface area contributed by atoms with Gasteiger partial charge in [0.2, 0.25) is 0 Å². The van der Waals surface area contributed by atoms with Gasteiger partial charge in [0.15, 0.2) is 0 Å². The predicted molar refractivity (Wildman–Crippen MR) is 55.6 cm³/mol. The van der Waals surface area contributed by atoms with Gasteiger partial charge < -0.3 is 0 Å². The molecule has 0 fully saturated rings. The van der Waals surface area contributed by atoms with Crippen LogP contribution in [0.15, 0.2) is 0 Å². The molecule has 0 amide bonds. The quantitative estimate of drug-likeness (QED) is 0.513. The van der Waals surface area contributed by atoms with E-state index in [4.69, 9.17) is 5.26 Å². The average Bonchev–Trinajstić information content (AvgIpc) is 2.06. The van der Waals surface area contributed by atoms with Gasteiger partial charge in [0.25, 0.3) is 0 Å². The molecule has 0 bridgehead atoms. The van der Waals surface area contributed by atoms with Crippen molar-refractivity contribution >= 4 is 19.8 Å². The van der Waals surface area contributed by atoms with Gasteiger partial charge in [-0.05, 0) is 0 Å². The second-order valence-corrected chi connectivity index (χ2v) is 11.8. The third-order valence-corrected chi connectivity index (χ3v) is 11.9. The Morgan fingerprint density at radius 2 is 1.67 bits per heavy atom. The fraction of sp³-hybridized carbons (Fsp3) is 0.900. The van der Waals surface area contributed by atoms with Gasteiger partial charge in [-0.2, -0.15) is 0 Å². The molecule has 0 unspecified atom stereocenters. The van der Waals surface area contributed by atoms with Crippen LogP contribution in [0.2, 0.25) is 13.3 Å². The minimum absolute atomic E-state index is 0.789. The summed E-state index contributed by atoms with van der Waals surface area (Å²) < 4.78 is 4.54. The molecule has 2 heteroatoms. The van der Waals surface area contributed by atoms with Crippen molar-refractivity contribution in [2.24, 2.45) is 0 Å². The van der Waals surface area contributed by atoms with Crippen molar-refractivity contribution in [1.29, 1.82) is 5.26 Å². The number of rotatable bonds is 7. The summed E-state index contributed by atoms with van der Waals surface area (Å²) in [6.45, 7) is 4.58. The average molecular weight is 273 g/mol. The van der Waals surface area contributed by atoms with E-state index in [9.17, 15) is 0 Å². The third-order valence-electron chi connectivity index (χ3n) is 2.03. The molecule has 1 nitrogen and oxygen atoms in total. The molecule has 1 radical (unpaired) electrons. The molecule has 0 aliphatic rings. The number of hydrogen-bond donors (Lipinski definition) is 0. The van der Waals surface area contributed by atoms with Gasteiger partial charge in [-0.3, -0.25) is 0 Å². The Labute approximate surface area is 83.9 Å². The fourth-order valence-electron chi connectivity index (χ4n) is 1.50. The van der Waals surface area contributed by atoms with Crippen molar-refractivity contribution in [3.05, 3.63) is 0 Å². The van der Waals surface area contributed by atoms with Crippen LogP contribution in [0.1, 0.15) is 39.5 Å². The van der Waals surface area contributed by atoms with Crippen molar-refractivity contribution in [3.63, 3.8) is 0 Å². The van der Waals surface area contributed by atoms with E-state index in [2.05, 4.69) is 19.9 Å². The fourth-order valence-corrected chi connectivity index (χ4v) is 9.61. The Balaban J connectivity index is 3.42. The Kier molecular flexibility index (Phi) is 9.60. The molecule has 69 valence electrons. The van der Waals surface area contributed by atoms with Gasteiger partial charge in [0.1, 0.15) is 0 Å². The normalized spacial score (nSPS) is 10.2. The molecular formula is C10H20NSn. The Morgan fingerprint density at radius 3 is 2.08 bits per heavy atom. The van der Waals surface area contributed by atoms with Crippen LogP contribution in [-0.2, 0) is 0 Å². The summed E-state index contributed by atoms with van der Waals surface area (Å²) in [4.78, 5) is 0. The maximum absolute atomic E-state index is 8.41. The molecule has 0 saturated carbocycles. The van der Waals surface area contributed by atoms with Crippen LogP contribution in [-0.4, -0.2) is 19.8 Å². The minimum atomic E-state index is -0.957. The topological polar surface area (TPSA) is 23.8 Å². The molecule has 0 rings (SSSR count). The molecule has 0 aromatic carbocycles. The van der Waals surface area contributed by atoms with Crippen LogP contribution >= 0.6 is 0 Å². The number of unbranched alkanes of at least 4 members (excludes halogenated alkanes) is 1. The molecule has 0 saturated heterocycles. The Hall–Kier alpha value is 0.289. The van der Waals surface area contributed by atoms with Crippen molar-refractivity contribution in [3.8, 4) is 6.07 Å². The molecule has 0 atom stereocenters. The van der Waals surface area contributed by atoms with Crippen molar-refractivity contribution in [2.45, 2.75) is 52.8 Å². The molecule has 0 heterocycles. The summed E-state index contributed by atoms with van der Waals surface area (Å²) >= 11 is -0.957. The molecule has 0 aliphatic heterocycles. The second kappa shape index (κ2) is 9.38. The van der Waals surface area contributed by atoms with E-state index in [-0.39, 0.29) is 0 Å². The molecule has 12 heavy (non-hydrogen) atoms. The first-order valence-electron chi connectivity index (χ1n) is 5.05. The molecule has 0 aromatic heterocycles. The van der Waals surface area contributed by atoms with E-state index in [0.717, 1.165) is 6.42 Å². The van der Waals surface area contributed by atoms with E-state index in [1.807, 2.05) is 0 Å². The molecule has 0 aliphatic carbocycles. The van der Waals surface area contributed by atoms with Crippen molar-refractivity contribution in [2.75, 3.05) is 0 Å². The summed E-state index contributed by atoms with van der Waals surface area (Å²) in [7, 11) is 0. The van der Waals surface area contributed by atoms with E-state index in [0.29, 0.717) is 0 Å². The van der Waals surface area contributed by atoms with Crippen molar-refractivity contribution < 1.29 is 0 Å². The molecule has 0 aromatic rings. The Morgan fingerprint density at radius 1 is 1.08 bits per heavy atom. The zero-order valence-electron chi connectivity index (χ0n) is 8.40. The van der Waals surface area contributed by atoms with E-state index >= 15 is 0 Å². The SMILES string of the molecule is CC[CH2][Sn]([CH2]CC)[CH2]CCC#N. The van der Waals surface area contributed by atoms with E-state index < -0.39 is 19.8 Å². The maximum atomic E-state index is 8.41. The van der Waals surface area contributed by atoms with Gasteiger partial charge >= 0.3 is 83.9 Å². The zero-order chi connectivity index (χ0) is 9.23. The molecule has 0 spiro atoms. The third kappa shape index (κ3) is 6.97. The second-order valence-electron chi connectivity index (χ2n) is 3.26. The summed E-state index contributed by atoms with van der Waals surface area (Å²) in [6, 6.07) is 2.24. The van der Waals surface area contributed by atoms with Gasteiger partial charge in [0.05, 0.1) is 0 Å². The van der Waals surface area contributed by atoms with E-state index in [1.165, 1.54) is 23.7 Å². The van der Waals surface area contributed by atoms with Gasteiger partial charge in [-0.25, -0.2) is 0 Å². The molecule has 0 N–H and O–H groups in total. The first-order valence-corrected chi connectivity index (χ1v) is 11.1. The zero-order valence-corrected chi connectivity index (χ0v) is 11.3. The number of hydrogen-bond acceptors (Lipinski definition) is 1. The Bertz CT molecular complexity index is 122. The number of nitriles is 1. The standard InChI is InChI=1S/C4H6N.2C3H7.Sn/c1-2-3-4-5;2*1-3-2;/h1-3H2;2*1,3H2,2H3;. The first-order chi connectivity index (χ1) is 5.85.